The Kier molecular flexibility index (Phi) is 5.32. The molecule has 6 nitrogen and oxygen atoms in total. The lowest BCUT2D eigenvalue weighted by Gasteiger charge is -2.09. The SMILES string of the molecule is CC1=NNC(=O)[C@@H]1CCC(=O)N/N=C/c1ccccc1C(F)(F)F. The third-order valence-electron chi connectivity index (χ3n) is 3.48. The Bertz CT molecular complexity index is 698. The molecule has 0 aliphatic carbocycles. The molecule has 1 aliphatic rings. The molecule has 0 saturated heterocycles. The molecule has 24 heavy (non-hydrogen) atoms. The number of hydrazone groups is 2. The molecule has 0 aromatic heterocycles. The van der Waals surface area contributed by atoms with Crippen molar-refractivity contribution in [3.8, 4) is 0 Å². The smallest absolute Gasteiger partial charge is 0.273 e. The summed E-state index contributed by atoms with van der Waals surface area (Å²) in [4.78, 5) is 23.1. The Morgan fingerprint density at radius 2 is 2.12 bits per heavy atom. The number of nitrogens with zero attached hydrogens (tertiary/aromatic N) is 2. The average molecular weight is 340 g/mol. The number of carbonyl (C=O) groups excluding carboxylic acids is 2. The molecule has 1 aromatic carbocycles. The Labute approximate surface area is 135 Å². The van der Waals surface area contributed by atoms with Crippen molar-refractivity contribution in [2.24, 2.45) is 16.1 Å². The van der Waals surface area contributed by atoms with Gasteiger partial charge in [0, 0.05) is 17.7 Å². The molecule has 9 heteroatoms. The van der Waals surface area contributed by atoms with Crippen LogP contribution in [-0.2, 0) is 15.8 Å². The second-order valence-corrected chi connectivity index (χ2v) is 5.20. The molecule has 2 rings (SSSR count). The molecule has 0 spiro atoms. The number of carbonyl (C=O) groups is 2. The normalized spacial score (nSPS) is 17.8. The van der Waals surface area contributed by atoms with Gasteiger partial charge in [0.25, 0.3) is 0 Å². The van der Waals surface area contributed by atoms with Gasteiger partial charge in [0.1, 0.15) is 0 Å². The van der Waals surface area contributed by atoms with Crippen molar-refractivity contribution in [3.63, 3.8) is 0 Å². The van der Waals surface area contributed by atoms with E-state index < -0.39 is 23.6 Å². The Balaban J connectivity index is 1.89. The van der Waals surface area contributed by atoms with Gasteiger partial charge in [-0.15, -0.1) is 0 Å². The molecule has 0 radical (unpaired) electrons. The van der Waals surface area contributed by atoms with E-state index in [-0.39, 0.29) is 24.3 Å². The first kappa shape index (κ1) is 17.6. The zero-order chi connectivity index (χ0) is 17.7. The lowest BCUT2D eigenvalue weighted by molar-refractivity contribution is -0.137. The van der Waals surface area contributed by atoms with Gasteiger partial charge in [-0.05, 0) is 19.4 Å². The van der Waals surface area contributed by atoms with Crippen LogP contribution in [0.5, 0.6) is 0 Å². The van der Waals surface area contributed by atoms with E-state index in [9.17, 15) is 22.8 Å². The largest absolute Gasteiger partial charge is 0.417 e. The number of hydrogen-bond donors (Lipinski definition) is 2. The summed E-state index contributed by atoms with van der Waals surface area (Å²) < 4.78 is 38.4. The molecular weight excluding hydrogens is 325 g/mol. The Morgan fingerprint density at radius 1 is 1.42 bits per heavy atom. The fourth-order valence-corrected chi connectivity index (χ4v) is 2.20. The van der Waals surface area contributed by atoms with Crippen LogP contribution in [-0.4, -0.2) is 23.7 Å². The molecule has 128 valence electrons. The second-order valence-electron chi connectivity index (χ2n) is 5.20. The number of nitrogens with one attached hydrogen (secondary N) is 2. The summed E-state index contributed by atoms with van der Waals surface area (Å²) in [6.45, 7) is 1.67. The molecule has 0 saturated carbocycles. The summed E-state index contributed by atoms with van der Waals surface area (Å²) in [5.74, 6) is -1.24. The summed E-state index contributed by atoms with van der Waals surface area (Å²) in [6, 6.07) is 4.90. The maximum Gasteiger partial charge on any atom is 0.417 e. The minimum absolute atomic E-state index is 0.00318. The lowest BCUT2D eigenvalue weighted by atomic mass is 9.99. The predicted octanol–water partition coefficient (Wildman–Crippen LogP) is 2.06. The Morgan fingerprint density at radius 3 is 2.75 bits per heavy atom. The highest BCUT2D eigenvalue weighted by Crippen LogP contribution is 2.31. The number of hydrogen-bond acceptors (Lipinski definition) is 4. The third kappa shape index (κ3) is 4.40. The van der Waals surface area contributed by atoms with E-state index in [4.69, 9.17) is 0 Å². The zero-order valence-corrected chi connectivity index (χ0v) is 12.7. The van der Waals surface area contributed by atoms with Crippen LogP contribution in [0.3, 0.4) is 0 Å². The van der Waals surface area contributed by atoms with Gasteiger partial charge in [0.2, 0.25) is 11.8 Å². The van der Waals surface area contributed by atoms with Gasteiger partial charge in [-0.2, -0.15) is 23.4 Å². The van der Waals surface area contributed by atoms with Gasteiger partial charge in [0.05, 0.1) is 17.7 Å². The highest BCUT2D eigenvalue weighted by molar-refractivity contribution is 6.07. The molecule has 1 aromatic rings. The van der Waals surface area contributed by atoms with Crippen molar-refractivity contribution in [1.82, 2.24) is 10.9 Å². The van der Waals surface area contributed by atoms with E-state index in [2.05, 4.69) is 21.1 Å². The van der Waals surface area contributed by atoms with Crippen LogP contribution in [0.2, 0.25) is 0 Å². The third-order valence-corrected chi connectivity index (χ3v) is 3.48. The first-order valence-corrected chi connectivity index (χ1v) is 7.11. The summed E-state index contributed by atoms with van der Waals surface area (Å²) in [5, 5.41) is 7.30. The van der Waals surface area contributed by atoms with E-state index in [1.807, 2.05) is 0 Å². The predicted molar refractivity (Wildman–Crippen MR) is 81.2 cm³/mol. The molecule has 1 atom stereocenters. The molecule has 1 aliphatic heterocycles. The van der Waals surface area contributed by atoms with Crippen LogP contribution in [0, 0.1) is 5.92 Å². The van der Waals surface area contributed by atoms with Gasteiger partial charge in [-0.25, -0.2) is 10.9 Å². The van der Waals surface area contributed by atoms with Crippen molar-refractivity contribution in [3.05, 3.63) is 35.4 Å². The maximum atomic E-state index is 12.8. The first-order chi connectivity index (χ1) is 11.3. The van der Waals surface area contributed by atoms with Crippen molar-refractivity contribution < 1.29 is 22.8 Å². The molecule has 0 fully saturated rings. The van der Waals surface area contributed by atoms with Gasteiger partial charge in [-0.3, -0.25) is 9.59 Å². The van der Waals surface area contributed by atoms with Crippen molar-refractivity contribution in [2.75, 3.05) is 0 Å². The monoisotopic (exact) mass is 340 g/mol. The fourth-order valence-electron chi connectivity index (χ4n) is 2.20. The van der Waals surface area contributed by atoms with E-state index in [0.717, 1.165) is 12.3 Å². The minimum atomic E-state index is -4.50. The summed E-state index contributed by atoms with van der Waals surface area (Å²) in [6.07, 6.45) is -3.31. The van der Waals surface area contributed by atoms with Crippen molar-refractivity contribution >= 4 is 23.7 Å². The van der Waals surface area contributed by atoms with Crippen LogP contribution in [0.4, 0.5) is 13.2 Å². The highest BCUT2D eigenvalue weighted by atomic mass is 19.4. The second kappa shape index (κ2) is 7.24. The van der Waals surface area contributed by atoms with Gasteiger partial charge in [-0.1, -0.05) is 18.2 Å². The molecule has 1 heterocycles. The standard InChI is InChI=1S/C15H15F3N4O2/c1-9-11(14(24)22-20-9)6-7-13(23)21-19-8-10-4-2-3-5-12(10)15(16,17)18/h2-5,8,11H,6-7H2,1H3,(H,21,23)(H,22,24)/b19-8+/t11-/m1/s1. The maximum absolute atomic E-state index is 12.8. The van der Waals surface area contributed by atoms with Gasteiger partial charge < -0.3 is 0 Å². The molecule has 0 bridgehead atoms. The Hall–Kier alpha value is -2.71. The van der Waals surface area contributed by atoms with Gasteiger partial charge >= 0.3 is 6.18 Å². The zero-order valence-electron chi connectivity index (χ0n) is 12.7. The van der Waals surface area contributed by atoms with Gasteiger partial charge in [0.15, 0.2) is 0 Å². The van der Waals surface area contributed by atoms with Crippen LogP contribution in [0.25, 0.3) is 0 Å². The average Bonchev–Trinajstić information content (AvgIpc) is 2.83. The topological polar surface area (TPSA) is 82.9 Å². The first-order valence-electron chi connectivity index (χ1n) is 7.11. The number of rotatable bonds is 5. The summed E-state index contributed by atoms with van der Waals surface area (Å²) in [7, 11) is 0. The van der Waals surface area contributed by atoms with Crippen LogP contribution in [0.15, 0.2) is 34.5 Å². The number of amides is 2. The van der Waals surface area contributed by atoms with Crippen LogP contribution >= 0.6 is 0 Å². The summed E-state index contributed by atoms with van der Waals surface area (Å²) in [5.41, 5.74) is 4.07. The minimum Gasteiger partial charge on any atom is -0.273 e. The molecule has 0 unspecified atom stereocenters. The van der Waals surface area contributed by atoms with E-state index >= 15 is 0 Å². The summed E-state index contributed by atoms with van der Waals surface area (Å²) >= 11 is 0. The number of halogens is 3. The van der Waals surface area contributed by atoms with E-state index in [0.29, 0.717) is 5.71 Å². The lowest BCUT2D eigenvalue weighted by Crippen LogP contribution is -2.25. The molecule has 2 N–H and O–H groups in total. The fraction of sp³-hybridized carbons (Fsp3) is 0.333. The molecule has 2 amide bonds. The molecular formula is C15H15F3N4O2. The van der Waals surface area contributed by atoms with E-state index in [1.54, 1.807) is 6.92 Å². The quantitative estimate of drug-likeness (QED) is 0.635. The number of alkyl halides is 3. The van der Waals surface area contributed by atoms with Crippen molar-refractivity contribution in [1.29, 1.82) is 0 Å². The number of benzene rings is 1. The highest BCUT2D eigenvalue weighted by Gasteiger charge is 2.32. The van der Waals surface area contributed by atoms with E-state index in [1.165, 1.54) is 18.2 Å². The van der Waals surface area contributed by atoms with Crippen molar-refractivity contribution in [2.45, 2.75) is 25.9 Å². The van der Waals surface area contributed by atoms with Crippen LogP contribution < -0.4 is 10.9 Å². The van der Waals surface area contributed by atoms with Crippen LogP contribution in [0.1, 0.15) is 30.9 Å².